The molecule has 0 fully saturated rings. The third kappa shape index (κ3) is 1.72. The zero-order chi connectivity index (χ0) is 10.7. The van der Waals surface area contributed by atoms with E-state index >= 15 is 0 Å². The Morgan fingerprint density at radius 2 is 2.29 bits per heavy atom. The molecule has 0 aliphatic carbocycles. The summed E-state index contributed by atoms with van der Waals surface area (Å²) in [5, 5.41) is 0. The zero-order valence-corrected chi connectivity index (χ0v) is 8.87. The summed E-state index contributed by atoms with van der Waals surface area (Å²) in [4.78, 5) is 10.7. The van der Waals surface area contributed by atoms with Crippen LogP contribution in [0, 0.1) is 26.2 Å². The molecule has 1 aromatic rings. The highest BCUT2D eigenvalue weighted by Gasteiger charge is 2.12. The van der Waals surface area contributed by atoms with E-state index in [4.69, 9.17) is 6.42 Å². The van der Waals surface area contributed by atoms with Crippen LogP contribution < -0.4 is 0 Å². The molecule has 1 heterocycles. The van der Waals surface area contributed by atoms with Crippen molar-refractivity contribution in [3.63, 3.8) is 0 Å². The fourth-order valence-corrected chi connectivity index (χ4v) is 1.86. The first-order valence-electron chi connectivity index (χ1n) is 4.68. The van der Waals surface area contributed by atoms with E-state index in [-0.39, 0.29) is 6.04 Å². The predicted octanol–water partition coefficient (Wildman–Crippen LogP) is 2.50. The van der Waals surface area contributed by atoms with E-state index in [9.17, 15) is 4.79 Å². The van der Waals surface area contributed by atoms with Crippen molar-refractivity contribution in [1.82, 2.24) is 4.57 Å². The lowest BCUT2D eigenvalue weighted by Crippen LogP contribution is -2.08. The van der Waals surface area contributed by atoms with Gasteiger partial charge >= 0.3 is 0 Å². The van der Waals surface area contributed by atoms with Crippen LogP contribution in [0.25, 0.3) is 0 Å². The van der Waals surface area contributed by atoms with Gasteiger partial charge in [0.1, 0.15) is 0 Å². The van der Waals surface area contributed by atoms with E-state index in [0.717, 1.165) is 23.2 Å². The van der Waals surface area contributed by atoms with Gasteiger partial charge in [0.05, 0.1) is 0 Å². The summed E-state index contributed by atoms with van der Waals surface area (Å²) in [5.74, 6) is 2.64. The Morgan fingerprint density at radius 1 is 1.64 bits per heavy atom. The third-order valence-electron chi connectivity index (χ3n) is 2.50. The molecule has 1 unspecified atom stereocenters. The Kier molecular flexibility index (Phi) is 3.14. The minimum Gasteiger partial charge on any atom is -0.345 e. The molecule has 0 aliphatic rings. The van der Waals surface area contributed by atoms with Crippen LogP contribution in [-0.4, -0.2) is 10.9 Å². The number of rotatable bonds is 3. The van der Waals surface area contributed by atoms with E-state index < -0.39 is 0 Å². The topological polar surface area (TPSA) is 22.0 Å². The lowest BCUT2D eigenvalue weighted by molar-refractivity contribution is 0.112. The van der Waals surface area contributed by atoms with Crippen LogP contribution in [0.1, 0.15) is 41.1 Å². The number of aryl methyl sites for hydroxylation is 1. The van der Waals surface area contributed by atoms with Crippen molar-refractivity contribution < 1.29 is 4.79 Å². The zero-order valence-electron chi connectivity index (χ0n) is 8.87. The normalized spacial score (nSPS) is 12.1. The number of terminal acetylenes is 1. The maximum atomic E-state index is 10.7. The number of carbonyl (C=O) groups is 1. The molecule has 0 radical (unpaired) electrons. The van der Waals surface area contributed by atoms with Crippen molar-refractivity contribution in [2.24, 2.45) is 0 Å². The molecular weight excluding hydrogens is 174 g/mol. The average Bonchev–Trinajstić information content (AvgIpc) is 2.41. The van der Waals surface area contributed by atoms with Crippen molar-refractivity contribution in [2.75, 3.05) is 0 Å². The first-order chi connectivity index (χ1) is 6.61. The quantitative estimate of drug-likeness (QED) is 0.529. The van der Waals surface area contributed by atoms with E-state index in [1.807, 2.05) is 19.9 Å². The summed E-state index contributed by atoms with van der Waals surface area (Å²) in [6.07, 6.45) is 6.85. The molecule has 0 amide bonds. The van der Waals surface area contributed by atoms with Gasteiger partial charge in [-0.25, -0.2) is 0 Å². The second kappa shape index (κ2) is 4.15. The Labute approximate surface area is 84.9 Å². The summed E-state index contributed by atoms with van der Waals surface area (Å²) >= 11 is 0. The monoisotopic (exact) mass is 189 g/mol. The largest absolute Gasteiger partial charge is 0.345 e. The van der Waals surface area contributed by atoms with Gasteiger partial charge in [0, 0.05) is 29.4 Å². The first-order valence-corrected chi connectivity index (χ1v) is 4.68. The van der Waals surface area contributed by atoms with Gasteiger partial charge in [-0.1, -0.05) is 0 Å². The van der Waals surface area contributed by atoms with Gasteiger partial charge < -0.3 is 4.57 Å². The molecule has 0 aromatic carbocycles. The molecular formula is C12H15NO. The molecule has 74 valence electrons. The average molecular weight is 189 g/mol. The van der Waals surface area contributed by atoms with Crippen LogP contribution in [0.5, 0.6) is 0 Å². The lowest BCUT2D eigenvalue weighted by atomic mass is 10.2. The van der Waals surface area contributed by atoms with Gasteiger partial charge in [0.2, 0.25) is 0 Å². The Morgan fingerprint density at radius 3 is 2.71 bits per heavy atom. The smallest absolute Gasteiger partial charge is 0.151 e. The Balaban J connectivity index is 3.14. The fourth-order valence-electron chi connectivity index (χ4n) is 1.86. The number of aromatic nitrogens is 1. The van der Waals surface area contributed by atoms with Crippen molar-refractivity contribution in [1.29, 1.82) is 0 Å². The summed E-state index contributed by atoms with van der Waals surface area (Å²) < 4.78 is 2.11. The van der Waals surface area contributed by atoms with Crippen molar-refractivity contribution in [2.45, 2.75) is 33.2 Å². The minimum absolute atomic E-state index is 0.258. The van der Waals surface area contributed by atoms with Gasteiger partial charge in [0.25, 0.3) is 0 Å². The van der Waals surface area contributed by atoms with E-state index in [0.29, 0.717) is 6.42 Å². The van der Waals surface area contributed by atoms with Crippen LogP contribution >= 0.6 is 0 Å². The van der Waals surface area contributed by atoms with Crippen LogP contribution in [0.15, 0.2) is 6.07 Å². The molecule has 0 N–H and O–H groups in total. The second-order valence-electron chi connectivity index (χ2n) is 3.57. The highest BCUT2D eigenvalue weighted by Crippen LogP contribution is 2.20. The van der Waals surface area contributed by atoms with Crippen LogP contribution in [-0.2, 0) is 0 Å². The van der Waals surface area contributed by atoms with Crippen LogP contribution in [0.4, 0.5) is 0 Å². The van der Waals surface area contributed by atoms with Gasteiger partial charge in [-0.2, -0.15) is 0 Å². The van der Waals surface area contributed by atoms with Gasteiger partial charge in [-0.05, 0) is 26.8 Å². The molecule has 1 atom stereocenters. The number of hydrogen-bond donors (Lipinski definition) is 0. The van der Waals surface area contributed by atoms with Crippen molar-refractivity contribution in [3.8, 4) is 12.3 Å². The number of aldehydes is 1. The molecule has 1 rings (SSSR count). The molecule has 14 heavy (non-hydrogen) atoms. The van der Waals surface area contributed by atoms with Gasteiger partial charge in [0.15, 0.2) is 6.29 Å². The van der Waals surface area contributed by atoms with E-state index in [2.05, 4.69) is 17.4 Å². The first kappa shape index (κ1) is 10.6. The second-order valence-corrected chi connectivity index (χ2v) is 3.57. The van der Waals surface area contributed by atoms with E-state index in [1.165, 1.54) is 0 Å². The summed E-state index contributed by atoms with van der Waals surface area (Å²) in [6.45, 7) is 6.01. The molecule has 0 spiro atoms. The maximum absolute atomic E-state index is 10.7. The Hall–Kier alpha value is -1.49. The summed E-state index contributed by atoms with van der Waals surface area (Å²) in [6, 6.07) is 2.16. The van der Waals surface area contributed by atoms with Gasteiger partial charge in [-0.3, -0.25) is 4.79 Å². The molecule has 0 bridgehead atoms. The number of nitrogens with zero attached hydrogens (tertiary/aromatic N) is 1. The maximum Gasteiger partial charge on any atom is 0.151 e. The Bertz CT molecular complexity index is 382. The summed E-state index contributed by atoms with van der Waals surface area (Å²) in [7, 11) is 0. The molecule has 0 aliphatic heterocycles. The number of hydrogen-bond acceptors (Lipinski definition) is 1. The SMILES string of the molecule is C#CCC(C)n1c(C)cc(C=O)c1C. The minimum atomic E-state index is 0.258. The molecule has 0 saturated carbocycles. The molecule has 0 saturated heterocycles. The highest BCUT2D eigenvalue weighted by molar-refractivity contribution is 5.77. The number of carbonyl (C=O) groups excluding carboxylic acids is 1. The van der Waals surface area contributed by atoms with Crippen molar-refractivity contribution in [3.05, 3.63) is 23.0 Å². The molecule has 2 nitrogen and oxygen atoms in total. The van der Waals surface area contributed by atoms with Crippen LogP contribution in [0.2, 0.25) is 0 Å². The lowest BCUT2D eigenvalue weighted by Gasteiger charge is -2.15. The van der Waals surface area contributed by atoms with Crippen LogP contribution in [0.3, 0.4) is 0 Å². The van der Waals surface area contributed by atoms with E-state index in [1.54, 1.807) is 0 Å². The highest BCUT2D eigenvalue weighted by atomic mass is 16.1. The molecule has 2 heteroatoms. The van der Waals surface area contributed by atoms with Crippen molar-refractivity contribution >= 4 is 6.29 Å². The predicted molar refractivity (Wildman–Crippen MR) is 57.5 cm³/mol. The third-order valence-corrected chi connectivity index (χ3v) is 2.50. The fraction of sp³-hybridized carbons (Fsp3) is 0.417. The van der Waals surface area contributed by atoms with Gasteiger partial charge in [-0.15, -0.1) is 12.3 Å². The standard InChI is InChI=1S/C12H15NO/c1-5-6-9(2)13-10(3)7-12(8-14)11(13)4/h1,7-9H,6H2,2-4H3. The molecule has 1 aromatic heterocycles. The summed E-state index contributed by atoms with van der Waals surface area (Å²) in [5.41, 5.74) is 2.85.